The Bertz CT molecular complexity index is 1570. The van der Waals surface area contributed by atoms with E-state index in [1.54, 1.807) is 19.2 Å². The standard InChI is InChI=1S/C27H35FN6O2.C2HF3O2/c1-31-24-23(25(35)33(27(31)36)13-11-18-7-9-21(28)10-8-18)34(17-19-5-3-2-4-6-19)26(30-24)32-14-12-20-15-29-16-22(20)32;3-2(4,5)1(6)7/h7-10,19-20,22,29H,2-6,11-17H2,1H3;(H,6,7). The van der Waals surface area contributed by atoms with E-state index in [0.717, 1.165) is 57.0 Å². The van der Waals surface area contributed by atoms with Crippen LogP contribution in [-0.4, -0.2) is 61.6 Å². The van der Waals surface area contributed by atoms with Crippen LogP contribution >= 0.6 is 0 Å². The number of nitrogens with zero attached hydrogens (tertiary/aromatic N) is 5. The molecule has 1 aromatic carbocycles. The minimum absolute atomic E-state index is 0.245. The number of carboxylic acids is 1. The molecule has 0 bridgehead atoms. The number of hydrogen-bond donors (Lipinski definition) is 2. The summed E-state index contributed by atoms with van der Waals surface area (Å²) in [5.41, 5.74) is 1.27. The zero-order valence-corrected chi connectivity index (χ0v) is 23.9. The van der Waals surface area contributed by atoms with Gasteiger partial charge in [0.25, 0.3) is 5.56 Å². The number of carbonyl (C=O) groups is 1. The van der Waals surface area contributed by atoms with Crippen LogP contribution in [0.4, 0.5) is 23.5 Å². The molecule has 234 valence electrons. The number of alkyl halides is 3. The SMILES string of the molecule is Cn1c(=O)n(CCc2ccc(F)cc2)c(=O)c2c1nc(N1CCC3CNCC31)n2CC1CCCCC1.O=C(O)C(F)(F)F. The molecule has 1 saturated carbocycles. The van der Waals surface area contributed by atoms with E-state index in [0.29, 0.717) is 35.5 Å². The Hall–Kier alpha value is -3.68. The van der Waals surface area contributed by atoms with Gasteiger partial charge in [-0.25, -0.2) is 14.0 Å². The van der Waals surface area contributed by atoms with Crippen LogP contribution in [0.2, 0.25) is 0 Å². The van der Waals surface area contributed by atoms with Crippen LogP contribution in [0.1, 0.15) is 44.1 Å². The summed E-state index contributed by atoms with van der Waals surface area (Å²) in [5.74, 6) is -1.10. The third kappa shape index (κ3) is 6.48. The highest BCUT2D eigenvalue weighted by Crippen LogP contribution is 2.34. The van der Waals surface area contributed by atoms with Gasteiger partial charge in [0, 0.05) is 45.8 Å². The number of anilines is 1. The average Bonchev–Trinajstić information content (AvgIpc) is 3.69. The summed E-state index contributed by atoms with van der Waals surface area (Å²) >= 11 is 0. The molecule has 0 spiro atoms. The molecule has 1 aliphatic carbocycles. The lowest BCUT2D eigenvalue weighted by atomic mass is 9.89. The fraction of sp³-hybridized carbons (Fsp3) is 0.586. The van der Waals surface area contributed by atoms with E-state index in [9.17, 15) is 27.2 Å². The van der Waals surface area contributed by atoms with E-state index in [1.807, 2.05) is 0 Å². The first-order chi connectivity index (χ1) is 20.5. The minimum Gasteiger partial charge on any atom is -0.475 e. The molecule has 2 aliphatic heterocycles. The zero-order chi connectivity index (χ0) is 30.9. The highest BCUT2D eigenvalue weighted by Gasteiger charge is 2.40. The molecule has 2 saturated heterocycles. The van der Waals surface area contributed by atoms with Crippen molar-refractivity contribution < 1.29 is 27.5 Å². The molecular weight excluding hydrogens is 572 g/mol. The van der Waals surface area contributed by atoms with Crippen molar-refractivity contribution in [2.75, 3.05) is 24.5 Å². The highest BCUT2D eigenvalue weighted by atomic mass is 19.4. The van der Waals surface area contributed by atoms with E-state index in [1.165, 1.54) is 40.5 Å². The van der Waals surface area contributed by atoms with Gasteiger partial charge >= 0.3 is 17.8 Å². The van der Waals surface area contributed by atoms with E-state index in [-0.39, 0.29) is 23.6 Å². The van der Waals surface area contributed by atoms with Crippen molar-refractivity contribution in [2.24, 2.45) is 18.9 Å². The van der Waals surface area contributed by atoms with Gasteiger partial charge in [-0.1, -0.05) is 31.4 Å². The largest absolute Gasteiger partial charge is 0.490 e. The van der Waals surface area contributed by atoms with Gasteiger partial charge in [0.15, 0.2) is 11.2 Å². The molecule has 0 amide bonds. The lowest BCUT2D eigenvalue weighted by Crippen LogP contribution is -2.40. The summed E-state index contributed by atoms with van der Waals surface area (Å²) < 4.78 is 50.1. The normalized spacial score (nSPS) is 20.7. The third-order valence-corrected chi connectivity index (χ3v) is 8.86. The molecule has 2 atom stereocenters. The van der Waals surface area contributed by atoms with E-state index >= 15 is 0 Å². The molecule has 0 radical (unpaired) electrons. The van der Waals surface area contributed by atoms with Crippen molar-refractivity contribution in [1.29, 1.82) is 0 Å². The van der Waals surface area contributed by atoms with Gasteiger partial charge in [-0.3, -0.25) is 13.9 Å². The van der Waals surface area contributed by atoms with Crippen molar-refractivity contribution >= 4 is 23.1 Å². The molecule has 3 aromatic rings. The molecule has 2 N–H and O–H groups in total. The molecule has 2 unspecified atom stereocenters. The summed E-state index contributed by atoms with van der Waals surface area (Å²) in [6.45, 7) is 3.89. The monoisotopic (exact) mass is 608 g/mol. The van der Waals surface area contributed by atoms with Crippen molar-refractivity contribution in [3.63, 3.8) is 0 Å². The molecule has 4 heterocycles. The Morgan fingerprint density at radius 1 is 1.05 bits per heavy atom. The number of carboxylic acid groups (broad SMARTS) is 1. The predicted octanol–water partition coefficient (Wildman–Crippen LogP) is 3.29. The number of halogens is 4. The summed E-state index contributed by atoms with van der Waals surface area (Å²) in [5, 5.41) is 10.6. The Kier molecular flexibility index (Phi) is 8.95. The van der Waals surface area contributed by atoms with Gasteiger partial charge in [0.1, 0.15) is 5.82 Å². The second kappa shape index (κ2) is 12.5. The smallest absolute Gasteiger partial charge is 0.475 e. The number of aliphatic carboxylic acids is 1. The molecule has 43 heavy (non-hydrogen) atoms. The van der Waals surface area contributed by atoms with Crippen LogP contribution in [0.25, 0.3) is 11.2 Å². The van der Waals surface area contributed by atoms with E-state index in [2.05, 4.69) is 14.8 Å². The zero-order valence-electron chi connectivity index (χ0n) is 23.9. The van der Waals surface area contributed by atoms with Crippen LogP contribution in [0, 0.1) is 17.7 Å². The second-order valence-electron chi connectivity index (χ2n) is 11.6. The first-order valence-corrected chi connectivity index (χ1v) is 14.7. The van der Waals surface area contributed by atoms with Crippen LogP contribution in [0.15, 0.2) is 33.9 Å². The maximum absolute atomic E-state index is 13.9. The number of hydrogen-bond acceptors (Lipinski definition) is 6. The number of benzene rings is 1. The fourth-order valence-corrected chi connectivity index (χ4v) is 6.57. The Balaban J connectivity index is 0.000000472. The van der Waals surface area contributed by atoms with Gasteiger partial charge in [0.2, 0.25) is 5.95 Å². The van der Waals surface area contributed by atoms with Crippen LogP contribution in [0.5, 0.6) is 0 Å². The van der Waals surface area contributed by atoms with Gasteiger partial charge in [-0.05, 0) is 55.2 Å². The lowest BCUT2D eigenvalue weighted by Gasteiger charge is -2.28. The molecule has 6 rings (SSSR count). The van der Waals surface area contributed by atoms with Gasteiger partial charge < -0.3 is 19.9 Å². The second-order valence-corrected chi connectivity index (χ2v) is 11.6. The molecular formula is C29H36F4N6O4. The van der Waals surface area contributed by atoms with Crippen molar-refractivity contribution in [3.8, 4) is 0 Å². The summed E-state index contributed by atoms with van der Waals surface area (Å²) in [6, 6.07) is 6.60. The van der Waals surface area contributed by atoms with Gasteiger partial charge in [-0.2, -0.15) is 18.2 Å². The van der Waals surface area contributed by atoms with Gasteiger partial charge in [0.05, 0.1) is 0 Å². The number of nitrogens with one attached hydrogen (secondary N) is 1. The maximum atomic E-state index is 13.9. The number of fused-ring (bicyclic) bond motifs is 2. The highest BCUT2D eigenvalue weighted by molar-refractivity contribution is 5.75. The number of imidazole rings is 1. The molecule has 3 aliphatic rings. The Morgan fingerprint density at radius 3 is 2.37 bits per heavy atom. The van der Waals surface area contributed by atoms with Crippen LogP contribution in [0.3, 0.4) is 0 Å². The first-order valence-electron chi connectivity index (χ1n) is 14.7. The van der Waals surface area contributed by atoms with Crippen molar-refractivity contribution in [1.82, 2.24) is 24.0 Å². The first kappa shape index (κ1) is 30.8. The quantitative estimate of drug-likeness (QED) is 0.413. The molecule has 14 heteroatoms. The summed E-state index contributed by atoms with van der Waals surface area (Å²) in [7, 11) is 1.71. The minimum atomic E-state index is -5.08. The average molecular weight is 609 g/mol. The fourth-order valence-electron chi connectivity index (χ4n) is 6.57. The van der Waals surface area contributed by atoms with Gasteiger partial charge in [-0.15, -0.1) is 0 Å². The predicted molar refractivity (Wildman–Crippen MR) is 152 cm³/mol. The van der Waals surface area contributed by atoms with Crippen molar-refractivity contribution in [2.45, 2.75) is 70.3 Å². The summed E-state index contributed by atoms with van der Waals surface area (Å²) in [6.07, 6.45) is 2.57. The number of aromatic nitrogens is 4. The number of aryl methyl sites for hydroxylation is 2. The van der Waals surface area contributed by atoms with E-state index in [4.69, 9.17) is 14.9 Å². The van der Waals surface area contributed by atoms with Crippen LogP contribution < -0.4 is 21.5 Å². The Morgan fingerprint density at radius 2 is 1.72 bits per heavy atom. The lowest BCUT2D eigenvalue weighted by molar-refractivity contribution is -0.192. The number of rotatable bonds is 6. The van der Waals surface area contributed by atoms with Crippen LogP contribution in [-0.2, 0) is 31.4 Å². The van der Waals surface area contributed by atoms with E-state index < -0.39 is 12.1 Å². The summed E-state index contributed by atoms with van der Waals surface area (Å²) in [4.78, 5) is 43.4. The topological polar surface area (TPSA) is 114 Å². The molecule has 10 nitrogen and oxygen atoms in total. The maximum Gasteiger partial charge on any atom is 0.490 e. The Labute approximate surface area is 244 Å². The van der Waals surface area contributed by atoms with Crippen molar-refractivity contribution in [3.05, 3.63) is 56.5 Å². The molecule has 3 fully saturated rings. The molecule has 2 aromatic heterocycles. The third-order valence-electron chi connectivity index (χ3n) is 8.86.